The summed E-state index contributed by atoms with van der Waals surface area (Å²) in [6.45, 7) is 1.06. The number of nitrogens with zero attached hydrogens (tertiary/aromatic N) is 1. The highest BCUT2D eigenvalue weighted by atomic mass is 16.5. The smallest absolute Gasteiger partial charge is 0.256 e. The molecule has 0 unspecified atom stereocenters. The number of hydrogen-bond donors (Lipinski definition) is 1. The molecule has 1 spiro atoms. The molecular weight excluding hydrogens is 380 g/mol. The van der Waals surface area contributed by atoms with Crippen LogP contribution in [0.4, 0.5) is 5.69 Å². The number of ether oxygens (including phenoxy) is 2. The summed E-state index contributed by atoms with van der Waals surface area (Å²) in [5.41, 5.74) is 2.21. The summed E-state index contributed by atoms with van der Waals surface area (Å²) in [7, 11) is 0. The molecule has 30 heavy (non-hydrogen) atoms. The molecule has 0 aromatic heterocycles. The molecule has 2 aromatic carbocycles. The van der Waals surface area contributed by atoms with Crippen LogP contribution >= 0.6 is 0 Å². The van der Waals surface area contributed by atoms with Crippen molar-refractivity contribution in [3.63, 3.8) is 0 Å². The van der Waals surface area contributed by atoms with Gasteiger partial charge in [0.25, 0.3) is 5.91 Å². The molecule has 2 saturated carbocycles. The van der Waals surface area contributed by atoms with Gasteiger partial charge in [0.1, 0.15) is 12.6 Å². The second kappa shape index (κ2) is 6.49. The lowest BCUT2D eigenvalue weighted by Gasteiger charge is -2.20. The Morgan fingerprint density at radius 2 is 1.87 bits per heavy atom. The molecule has 6 heteroatoms. The first-order valence-corrected chi connectivity index (χ1v) is 10.7. The van der Waals surface area contributed by atoms with Gasteiger partial charge in [-0.05, 0) is 49.1 Å². The summed E-state index contributed by atoms with van der Waals surface area (Å²) in [6, 6.07) is 13.0. The van der Waals surface area contributed by atoms with Gasteiger partial charge >= 0.3 is 0 Å². The van der Waals surface area contributed by atoms with Crippen LogP contribution in [0.25, 0.3) is 0 Å². The third-order valence-corrected chi connectivity index (χ3v) is 6.66. The molecule has 1 N–H and O–H groups in total. The van der Waals surface area contributed by atoms with Gasteiger partial charge < -0.3 is 19.7 Å². The fraction of sp³-hybridized carbons (Fsp3) is 0.417. The van der Waals surface area contributed by atoms with Crippen LogP contribution in [-0.4, -0.2) is 35.4 Å². The van der Waals surface area contributed by atoms with E-state index in [0.717, 1.165) is 37.7 Å². The Kier molecular flexibility index (Phi) is 3.85. The standard InChI is InChI=1S/C24H24N2O4/c27-22-19-12-24(8-9-24)14-26(19)23(28)17-10-21(30-16-6-7-16)20(11-18(17)25-22)29-13-15-4-2-1-3-5-15/h1-5,10-11,16,19H,6-9,12-14H2,(H,25,27)/t19-/m0/s1. The van der Waals surface area contributed by atoms with Gasteiger partial charge in [-0.15, -0.1) is 0 Å². The topological polar surface area (TPSA) is 67.9 Å². The summed E-state index contributed by atoms with van der Waals surface area (Å²) < 4.78 is 12.1. The van der Waals surface area contributed by atoms with E-state index < -0.39 is 0 Å². The van der Waals surface area contributed by atoms with Crippen molar-refractivity contribution >= 4 is 17.5 Å². The van der Waals surface area contributed by atoms with E-state index in [1.165, 1.54) is 0 Å². The lowest BCUT2D eigenvalue weighted by atomic mass is 10.0. The van der Waals surface area contributed by atoms with Crippen LogP contribution in [-0.2, 0) is 11.4 Å². The van der Waals surface area contributed by atoms with Gasteiger partial charge in [-0.2, -0.15) is 0 Å². The normalized spacial score (nSPS) is 23.5. The minimum Gasteiger partial charge on any atom is -0.487 e. The van der Waals surface area contributed by atoms with Gasteiger partial charge in [0, 0.05) is 12.6 Å². The van der Waals surface area contributed by atoms with E-state index in [9.17, 15) is 9.59 Å². The number of amides is 2. The molecule has 1 saturated heterocycles. The summed E-state index contributed by atoms with van der Waals surface area (Å²) in [6.07, 6.45) is 5.17. The fourth-order valence-electron chi connectivity index (χ4n) is 4.56. The zero-order chi connectivity index (χ0) is 20.3. The number of nitrogens with one attached hydrogen (secondary N) is 1. The highest BCUT2D eigenvalue weighted by molar-refractivity contribution is 6.10. The van der Waals surface area contributed by atoms with Crippen LogP contribution in [0.2, 0.25) is 0 Å². The number of hydrogen-bond acceptors (Lipinski definition) is 4. The van der Waals surface area contributed by atoms with Crippen LogP contribution in [0.3, 0.4) is 0 Å². The molecule has 2 heterocycles. The molecule has 154 valence electrons. The maximum absolute atomic E-state index is 13.4. The minimum atomic E-state index is -0.381. The van der Waals surface area contributed by atoms with Crippen molar-refractivity contribution in [2.75, 3.05) is 11.9 Å². The molecule has 2 aromatic rings. The molecule has 2 aliphatic heterocycles. The van der Waals surface area contributed by atoms with Crippen molar-refractivity contribution in [3.05, 3.63) is 53.6 Å². The van der Waals surface area contributed by atoms with Crippen LogP contribution in [0, 0.1) is 5.41 Å². The van der Waals surface area contributed by atoms with Gasteiger partial charge in [-0.25, -0.2) is 0 Å². The predicted molar refractivity (Wildman–Crippen MR) is 111 cm³/mol. The molecule has 0 bridgehead atoms. The zero-order valence-electron chi connectivity index (χ0n) is 16.7. The average Bonchev–Trinajstić information content (AvgIpc) is 3.67. The number of anilines is 1. The molecule has 3 fully saturated rings. The molecule has 6 nitrogen and oxygen atoms in total. The van der Waals surface area contributed by atoms with Gasteiger partial charge in [-0.3, -0.25) is 9.59 Å². The molecule has 2 amide bonds. The Bertz CT molecular complexity index is 1030. The maximum atomic E-state index is 13.4. The first kappa shape index (κ1) is 17.8. The van der Waals surface area contributed by atoms with Gasteiger partial charge in [-0.1, -0.05) is 30.3 Å². The Morgan fingerprint density at radius 1 is 1.07 bits per heavy atom. The van der Waals surface area contributed by atoms with E-state index in [1.54, 1.807) is 17.0 Å². The van der Waals surface area contributed by atoms with Crippen LogP contribution in [0.5, 0.6) is 11.5 Å². The maximum Gasteiger partial charge on any atom is 0.256 e. The first-order chi connectivity index (χ1) is 14.6. The van der Waals surface area contributed by atoms with Gasteiger partial charge in [0.2, 0.25) is 5.91 Å². The fourth-order valence-corrected chi connectivity index (χ4v) is 4.56. The van der Waals surface area contributed by atoms with Crippen molar-refractivity contribution in [3.8, 4) is 11.5 Å². The van der Waals surface area contributed by atoms with Crippen molar-refractivity contribution in [2.45, 2.75) is 50.9 Å². The summed E-state index contributed by atoms with van der Waals surface area (Å²) in [4.78, 5) is 28.0. The van der Waals surface area contributed by atoms with Crippen molar-refractivity contribution in [1.82, 2.24) is 4.90 Å². The van der Waals surface area contributed by atoms with E-state index in [4.69, 9.17) is 9.47 Å². The molecule has 4 aliphatic rings. The van der Waals surface area contributed by atoms with E-state index in [-0.39, 0.29) is 29.4 Å². The number of rotatable bonds is 5. The zero-order valence-corrected chi connectivity index (χ0v) is 16.7. The van der Waals surface area contributed by atoms with E-state index in [0.29, 0.717) is 35.9 Å². The van der Waals surface area contributed by atoms with E-state index >= 15 is 0 Å². The van der Waals surface area contributed by atoms with E-state index in [2.05, 4.69) is 5.32 Å². The predicted octanol–water partition coefficient (Wildman–Crippen LogP) is 3.75. The lowest BCUT2D eigenvalue weighted by molar-refractivity contribution is -0.119. The highest BCUT2D eigenvalue weighted by Gasteiger charge is 2.56. The first-order valence-electron chi connectivity index (χ1n) is 10.7. The Labute approximate surface area is 175 Å². The highest BCUT2D eigenvalue weighted by Crippen LogP contribution is 2.56. The Balaban J connectivity index is 1.34. The second-order valence-corrected chi connectivity index (χ2v) is 9.08. The summed E-state index contributed by atoms with van der Waals surface area (Å²) in [5.74, 6) is 0.940. The number of carbonyl (C=O) groups is 2. The summed E-state index contributed by atoms with van der Waals surface area (Å²) in [5, 5.41) is 2.99. The summed E-state index contributed by atoms with van der Waals surface area (Å²) >= 11 is 0. The number of benzene rings is 2. The van der Waals surface area contributed by atoms with Crippen LogP contribution in [0.15, 0.2) is 42.5 Å². The quantitative estimate of drug-likeness (QED) is 0.824. The average molecular weight is 404 g/mol. The molecule has 6 rings (SSSR count). The van der Waals surface area contributed by atoms with Crippen molar-refractivity contribution in [2.24, 2.45) is 5.41 Å². The Hall–Kier alpha value is -3.02. The van der Waals surface area contributed by atoms with Crippen molar-refractivity contribution < 1.29 is 19.1 Å². The van der Waals surface area contributed by atoms with Gasteiger partial charge in [0.05, 0.1) is 17.4 Å². The molecular formula is C24H24N2O4. The molecule has 1 atom stereocenters. The number of carbonyl (C=O) groups excluding carboxylic acids is 2. The Morgan fingerprint density at radius 3 is 2.60 bits per heavy atom. The molecule has 2 aliphatic carbocycles. The van der Waals surface area contributed by atoms with Gasteiger partial charge in [0.15, 0.2) is 11.5 Å². The number of fused-ring (bicyclic) bond motifs is 2. The lowest BCUT2D eigenvalue weighted by Crippen LogP contribution is -2.40. The van der Waals surface area contributed by atoms with Crippen LogP contribution < -0.4 is 14.8 Å². The van der Waals surface area contributed by atoms with Crippen molar-refractivity contribution in [1.29, 1.82) is 0 Å². The largest absolute Gasteiger partial charge is 0.487 e. The minimum absolute atomic E-state index is 0.0904. The monoisotopic (exact) mass is 404 g/mol. The third-order valence-electron chi connectivity index (χ3n) is 6.66. The molecule has 0 radical (unpaired) electrons. The van der Waals surface area contributed by atoms with E-state index in [1.807, 2.05) is 30.3 Å². The SMILES string of the molecule is O=C1Nc2cc(OCc3ccccc3)c(OC3CC3)cc2C(=O)N2CC3(CC3)C[C@@H]12. The third kappa shape index (κ3) is 3.11. The second-order valence-electron chi connectivity index (χ2n) is 9.08. The van der Waals surface area contributed by atoms with Crippen LogP contribution in [0.1, 0.15) is 48.0 Å².